The summed E-state index contributed by atoms with van der Waals surface area (Å²) in [5, 5.41) is 3.45. The second kappa shape index (κ2) is 7.71. The topological polar surface area (TPSA) is 47.6 Å². The zero-order valence-electron chi connectivity index (χ0n) is 12.5. The van der Waals surface area contributed by atoms with Gasteiger partial charge in [-0.05, 0) is 31.2 Å². The van der Waals surface area contributed by atoms with E-state index in [4.69, 9.17) is 21.1 Å². The van der Waals surface area contributed by atoms with E-state index in [0.717, 1.165) is 11.3 Å². The van der Waals surface area contributed by atoms with E-state index in [0.29, 0.717) is 10.8 Å². The van der Waals surface area contributed by atoms with Crippen molar-refractivity contribution in [1.29, 1.82) is 0 Å². The van der Waals surface area contributed by atoms with Crippen molar-refractivity contribution in [3.63, 3.8) is 0 Å². The molecule has 1 atom stereocenters. The SMILES string of the molecule is COc1ccccc1C(C)NC(=O)COc1cccc(Cl)c1. The Morgan fingerprint density at radius 1 is 1.23 bits per heavy atom. The summed E-state index contributed by atoms with van der Waals surface area (Å²) in [5.74, 6) is 1.09. The Bertz CT molecular complexity index is 645. The van der Waals surface area contributed by atoms with E-state index in [1.807, 2.05) is 31.2 Å². The molecule has 0 aliphatic heterocycles. The Labute approximate surface area is 135 Å². The molecule has 1 N–H and O–H groups in total. The van der Waals surface area contributed by atoms with E-state index in [9.17, 15) is 4.79 Å². The Balaban J connectivity index is 1.91. The lowest BCUT2D eigenvalue weighted by atomic mass is 10.1. The smallest absolute Gasteiger partial charge is 0.258 e. The fraction of sp³-hybridized carbons (Fsp3) is 0.235. The lowest BCUT2D eigenvalue weighted by Gasteiger charge is -2.17. The number of carbonyl (C=O) groups excluding carboxylic acids is 1. The fourth-order valence-electron chi connectivity index (χ4n) is 2.09. The highest BCUT2D eigenvalue weighted by atomic mass is 35.5. The maximum absolute atomic E-state index is 12.0. The third-order valence-electron chi connectivity index (χ3n) is 3.15. The minimum absolute atomic E-state index is 0.0696. The number of methoxy groups -OCH3 is 1. The van der Waals surface area contributed by atoms with Crippen LogP contribution in [0.25, 0.3) is 0 Å². The fourth-order valence-corrected chi connectivity index (χ4v) is 2.27. The number of nitrogens with one attached hydrogen (secondary N) is 1. The molecule has 2 aromatic rings. The molecule has 0 aliphatic carbocycles. The Morgan fingerprint density at radius 3 is 2.73 bits per heavy atom. The predicted molar refractivity (Wildman–Crippen MR) is 86.5 cm³/mol. The largest absolute Gasteiger partial charge is 0.496 e. The monoisotopic (exact) mass is 319 g/mol. The summed E-state index contributed by atoms with van der Waals surface area (Å²) >= 11 is 5.86. The van der Waals surface area contributed by atoms with Crippen molar-refractivity contribution in [1.82, 2.24) is 5.32 Å². The quantitative estimate of drug-likeness (QED) is 0.885. The molecule has 2 rings (SSSR count). The summed E-state index contributed by atoms with van der Waals surface area (Å²) in [6, 6.07) is 14.3. The summed E-state index contributed by atoms with van der Waals surface area (Å²) in [6.07, 6.45) is 0. The summed E-state index contributed by atoms with van der Waals surface area (Å²) in [4.78, 5) is 12.0. The molecule has 0 saturated heterocycles. The maximum Gasteiger partial charge on any atom is 0.258 e. The van der Waals surface area contributed by atoms with Gasteiger partial charge in [-0.2, -0.15) is 0 Å². The van der Waals surface area contributed by atoms with Crippen LogP contribution in [0.15, 0.2) is 48.5 Å². The van der Waals surface area contributed by atoms with Gasteiger partial charge in [0.2, 0.25) is 0 Å². The number of rotatable bonds is 6. The van der Waals surface area contributed by atoms with E-state index in [-0.39, 0.29) is 18.6 Å². The van der Waals surface area contributed by atoms with Crippen molar-refractivity contribution in [3.8, 4) is 11.5 Å². The van der Waals surface area contributed by atoms with Gasteiger partial charge in [0.25, 0.3) is 5.91 Å². The molecule has 1 amide bonds. The number of carbonyl (C=O) groups is 1. The Morgan fingerprint density at radius 2 is 2.00 bits per heavy atom. The number of amides is 1. The summed E-state index contributed by atoms with van der Waals surface area (Å²) in [6.45, 7) is 1.83. The molecule has 1 unspecified atom stereocenters. The van der Waals surface area contributed by atoms with Crippen LogP contribution in [0.5, 0.6) is 11.5 Å². The van der Waals surface area contributed by atoms with Gasteiger partial charge in [-0.1, -0.05) is 35.9 Å². The molecule has 0 heterocycles. The highest BCUT2D eigenvalue weighted by molar-refractivity contribution is 6.30. The van der Waals surface area contributed by atoms with Crippen LogP contribution < -0.4 is 14.8 Å². The van der Waals surface area contributed by atoms with Gasteiger partial charge in [-0.25, -0.2) is 0 Å². The van der Waals surface area contributed by atoms with Crippen molar-refractivity contribution in [2.75, 3.05) is 13.7 Å². The molecule has 0 bridgehead atoms. The summed E-state index contributed by atoms with van der Waals surface area (Å²) < 4.78 is 10.7. The second-order valence-electron chi connectivity index (χ2n) is 4.78. The van der Waals surface area contributed by atoms with E-state index in [2.05, 4.69) is 5.32 Å². The molecule has 22 heavy (non-hydrogen) atoms. The minimum atomic E-state index is -0.210. The lowest BCUT2D eigenvalue weighted by Crippen LogP contribution is -2.31. The third kappa shape index (κ3) is 4.40. The molecule has 5 heteroatoms. The molecular formula is C17H18ClNO3. The molecule has 0 spiro atoms. The maximum atomic E-state index is 12.0. The first-order chi connectivity index (χ1) is 10.6. The van der Waals surface area contributed by atoms with Crippen molar-refractivity contribution < 1.29 is 14.3 Å². The van der Waals surface area contributed by atoms with Gasteiger partial charge < -0.3 is 14.8 Å². The average Bonchev–Trinajstić information content (AvgIpc) is 2.53. The molecule has 0 saturated carbocycles. The van der Waals surface area contributed by atoms with Crippen molar-refractivity contribution in [3.05, 3.63) is 59.1 Å². The van der Waals surface area contributed by atoms with Gasteiger partial charge in [0.05, 0.1) is 13.2 Å². The second-order valence-corrected chi connectivity index (χ2v) is 5.21. The summed E-state index contributed by atoms with van der Waals surface area (Å²) in [7, 11) is 1.61. The molecule has 0 aromatic heterocycles. The molecule has 0 aliphatic rings. The highest BCUT2D eigenvalue weighted by Crippen LogP contribution is 2.24. The van der Waals surface area contributed by atoms with Crippen LogP contribution in [0.3, 0.4) is 0 Å². The van der Waals surface area contributed by atoms with Gasteiger partial charge in [0.1, 0.15) is 11.5 Å². The molecule has 0 fully saturated rings. The Hall–Kier alpha value is -2.20. The van der Waals surface area contributed by atoms with Crippen LogP contribution in [0.1, 0.15) is 18.5 Å². The number of hydrogen-bond donors (Lipinski definition) is 1. The van der Waals surface area contributed by atoms with Crippen LogP contribution in [-0.4, -0.2) is 19.6 Å². The minimum Gasteiger partial charge on any atom is -0.496 e. The highest BCUT2D eigenvalue weighted by Gasteiger charge is 2.13. The van der Waals surface area contributed by atoms with Gasteiger partial charge >= 0.3 is 0 Å². The van der Waals surface area contributed by atoms with Crippen LogP contribution in [0.4, 0.5) is 0 Å². The van der Waals surface area contributed by atoms with Crippen LogP contribution >= 0.6 is 11.6 Å². The normalized spacial score (nSPS) is 11.6. The molecule has 116 valence electrons. The van der Waals surface area contributed by atoms with Crippen LogP contribution in [-0.2, 0) is 4.79 Å². The number of hydrogen-bond acceptors (Lipinski definition) is 3. The Kier molecular flexibility index (Phi) is 5.67. The standard InChI is InChI=1S/C17H18ClNO3/c1-12(15-8-3-4-9-16(15)21-2)19-17(20)11-22-14-7-5-6-13(18)10-14/h3-10,12H,11H2,1-2H3,(H,19,20). The van der Waals surface area contributed by atoms with E-state index < -0.39 is 0 Å². The zero-order chi connectivity index (χ0) is 15.9. The molecule has 4 nitrogen and oxygen atoms in total. The van der Waals surface area contributed by atoms with Crippen LogP contribution in [0.2, 0.25) is 5.02 Å². The average molecular weight is 320 g/mol. The predicted octanol–water partition coefficient (Wildman–Crippen LogP) is 3.60. The van der Waals surface area contributed by atoms with Crippen molar-refractivity contribution >= 4 is 17.5 Å². The number of ether oxygens (including phenoxy) is 2. The number of para-hydroxylation sites is 1. The summed E-state index contributed by atoms with van der Waals surface area (Å²) in [5.41, 5.74) is 0.918. The van der Waals surface area contributed by atoms with E-state index >= 15 is 0 Å². The first-order valence-electron chi connectivity index (χ1n) is 6.91. The number of halogens is 1. The molecular weight excluding hydrogens is 302 g/mol. The van der Waals surface area contributed by atoms with Crippen LogP contribution in [0, 0.1) is 0 Å². The van der Waals surface area contributed by atoms with E-state index in [1.165, 1.54) is 0 Å². The number of benzene rings is 2. The van der Waals surface area contributed by atoms with Crippen molar-refractivity contribution in [2.24, 2.45) is 0 Å². The first-order valence-corrected chi connectivity index (χ1v) is 7.28. The first kappa shape index (κ1) is 16.2. The van der Waals surface area contributed by atoms with Gasteiger partial charge in [-0.3, -0.25) is 4.79 Å². The van der Waals surface area contributed by atoms with Gasteiger partial charge in [0, 0.05) is 10.6 Å². The zero-order valence-corrected chi connectivity index (χ0v) is 13.3. The molecule has 2 aromatic carbocycles. The lowest BCUT2D eigenvalue weighted by molar-refractivity contribution is -0.123. The van der Waals surface area contributed by atoms with E-state index in [1.54, 1.807) is 31.4 Å². The van der Waals surface area contributed by atoms with Gasteiger partial charge in [0.15, 0.2) is 6.61 Å². The third-order valence-corrected chi connectivity index (χ3v) is 3.38. The van der Waals surface area contributed by atoms with Crippen molar-refractivity contribution in [2.45, 2.75) is 13.0 Å². The molecule has 0 radical (unpaired) electrons. The van der Waals surface area contributed by atoms with Gasteiger partial charge in [-0.15, -0.1) is 0 Å².